The first kappa shape index (κ1) is 29.4. The molecule has 1 aliphatic heterocycles. The third-order valence-corrected chi connectivity index (χ3v) is 6.89. The van der Waals surface area contributed by atoms with Crippen molar-refractivity contribution in [3.05, 3.63) is 59.3 Å². The van der Waals surface area contributed by atoms with Crippen LogP contribution in [-0.2, 0) is 28.0 Å². The van der Waals surface area contributed by atoms with Crippen LogP contribution in [0.5, 0.6) is 0 Å². The van der Waals surface area contributed by atoms with Crippen molar-refractivity contribution in [2.75, 3.05) is 31.5 Å². The molecule has 0 unspecified atom stereocenters. The van der Waals surface area contributed by atoms with Gasteiger partial charge >= 0.3 is 5.97 Å². The average molecular weight is 533 g/mol. The van der Waals surface area contributed by atoms with E-state index in [1.165, 1.54) is 12.5 Å². The quantitative estimate of drug-likeness (QED) is 0.259. The summed E-state index contributed by atoms with van der Waals surface area (Å²) in [4.78, 5) is 31.1. The molecule has 0 saturated carbocycles. The highest BCUT2D eigenvalue weighted by molar-refractivity contribution is 5.89. The van der Waals surface area contributed by atoms with Gasteiger partial charge < -0.3 is 25.7 Å². The van der Waals surface area contributed by atoms with Crippen molar-refractivity contribution < 1.29 is 28.6 Å². The number of anilines is 1. The van der Waals surface area contributed by atoms with Crippen LogP contribution in [-0.4, -0.2) is 70.6 Å². The van der Waals surface area contributed by atoms with Gasteiger partial charge in [0.2, 0.25) is 6.43 Å². The monoisotopic (exact) mass is 532 g/mol. The van der Waals surface area contributed by atoms with Crippen molar-refractivity contribution in [2.24, 2.45) is 0 Å². The Morgan fingerprint density at radius 3 is 2.55 bits per heavy atom. The summed E-state index contributed by atoms with van der Waals surface area (Å²) in [5, 5.41) is 26.1. The molecule has 208 valence electrons. The minimum absolute atomic E-state index is 0.0211. The molecule has 2 atom stereocenters. The fourth-order valence-corrected chi connectivity index (χ4v) is 4.53. The van der Waals surface area contributed by atoms with Crippen molar-refractivity contribution in [2.45, 2.75) is 69.9 Å². The second-order valence-electron chi connectivity index (χ2n) is 9.91. The number of aromatic nitrogens is 1. The number of aliphatic hydroxyl groups is 1. The molecular weight excluding hydrogens is 494 g/mol. The molecule has 0 bridgehead atoms. The third kappa shape index (κ3) is 8.73. The van der Waals surface area contributed by atoms with Crippen LogP contribution >= 0.6 is 0 Å². The van der Waals surface area contributed by atoms with Gasteiger partial charge in [0, 0.05) is 31.7 Å². The van der Waals surface area contributed by atoms with Crippen LogP contribution in [0.2, 0.25) is 0 Å². The zero-order chi connectivity index (χ0) is 27.5. The lowest BCUT2D eigenvalue weighted by Gasteiger charge is -2.27. The molecule has 4 N–H and O–H groups in total. The van der Waals surface area contributed by atoms with Crippen molar-refractivity contribution >= 4 is 17.7 Å². The van der Waals surface area contributed by atoms with E-state index in [0.29, 0.717) is 12.1 Å². The molecular formula is C28H38F2N4O4. The van der Waals surface area contributed by atoms with Gasteiger partial charge in [0.1, 0.15) is 11.9 Å². The Morgan fingerprint density at radius 2 is 1.84 bits per heavy atom. The number of benzene rings is 1. The van der Waals surface area contributed by atoms with Gasteiger partial charge in [-0.25, -0.2) is 18.6 Å². The Balaban J connectivity index is 1.52. The number of nitrogens with one attached hydrogen (secondary N) is 2. The Bertz CT molecular complexity index is 1050. The molecule has 10 heteroatoms. The number of amides is 1. The Labute approximate surface area is 222 Å². The lowest BCUT2D eigenvalue weighted by Crippen LogP contribution is -2.50. The van der Waals surface area contributed by atoms with Gasteiger partial charge in [-0.05, 0) is 69.2 Å². The minimum Gasteiger partial charge on any atom is -0.480 e. The predicted molar refractivity (Wildman–Crippen MR) is 141 cm³/mol. The van der Waals surface area contributed by atoms with Crippen molar-refractivity contribution in [3.63, 3.8) is 0 Å². The Kier molecular flexibility index (Phi) is 11.0. The molecule has 8 nitrogen and oxygen atoms in total. The smallest absolute Gasteiger partial charge is 0.326 e. The number of aliphatic carboxylic acids is 1. The summed E-state index contributed by atoms with van der Waals surface area (Å²) in [6.07, 6.45) is 1.69. The summed E-state index contributed by atoms with van der Waals surface area (Å²) in [5.41, 5.74) is 0.634. The fourth-order valence-electron chi connectivity index (χ4n) is 4.53. The molecule has 0 radical (unpaired) electrons. The van der Waals surface area contributed by atoms with E-state index in [9.17, 15) is 28.6 Å². The molecule has 1 amide bonds. The summed E-state index contributed by atoms with van der Waals surface area (Å²) in [6, 6.07) is 11.1. The maximum Gasteiger partial charge on any atom is 0.326 e. The summed E-state index contributed by atoms with van der Waals surface area (Å²) in [7, 11) is 0. The first-order valence-corrected chi connectivity index (χ1v) is 13.2. The molecule has 0 saturated heterocycles. The van der Waals surface area contributed by atoms with Crippen molar-refractivity contribution in [3.8, 4) is 0 Å². The molecule has 38 heavy (non-hydrogen) atoms. The standard InChI is InChI=1S/C28H38F2N4O4/c1-28(38,21-9-3-2-4-10-21)27(37)33-23(26(35)36)14-18-34(19-15-24(29)30)17-6-5-11-22-13-12-20-8-7-16-31-25(20)32-22/h2-4,9-10,12-13,23-24,38H,5-8,11,14-19H2,1H3,(H,31,32)(H,33,37)(H,35,36)/t23-,28+/m0/s1. The zero-order valence-electron chi connectivity index (χ0n) is 21.8. The van der Waals surface area contributed by atoms with E-state index in [1.54, 1.807) is 30.3 Å². The number of fused-ring (bicyclic) bond motifs is 1. The number of nitrogens with zero attached hydrogens (tertiary/aromatic N) is 2. The van der Waals surface area contributed by atoms with Gasteiger partial charge in [0.15, 0.2) is 5.60 Å². The van der Waals surface area contributed by atoms with Crippen LogP contribution < -0.4 is 10.6 Å². The normalized spacial score (nSPS) is 15.4. The highest BCUT2D eigenvalue weighted by Crippen LogP contribution is 2.22. The second kappa shape index (κ2) is 14.2. The van der Waals surface area contributed by atoms with E-state index < -0.39 is 29.9 Å². The fraction of sp³-hybridized carbons (Fsp3) is 0.536. The van der Waals surface area contributed by atoms with E-state index in [1.807, 2.05) is 11.0 Å². The third-order valence-electron chi connectivity index (χ3n) is 6.89. The predicted octanol–water partition coefficient (Wildman–Crippen LogP) is 3.59. The summed E-state index contributed by atoms with van der Waals surface area (Å²) < 4.78 is 25.8. The van der Waals surface area contributed by atoms with Crippen molar-refractivity contribution in [1.29, 1.82) is 0 Å². The topological polar surface area (TPSA) is 115 Å². The molecule has 1 aliphatic rings. The number of hydrogen-bond donors (Lipinski definition) is 4. The number of carboxylic acid groups (broad SMARTS) is 1. The lowest BCUT2D eigenvalue weighted by molar-refractivity contribution is -0.147. The lowest BCUT2D eigenvalue weighted by atomic mass is 9.94. The molecule has 0 fully saturated rings. The number of unbranched alkanes of at least 4 members (excludes halogenated alkanes) is 1. The van der Waals surface area contributed by atoms with Crippen LogP contribution in [0.1, 0.15) is 55.8 Å². The van der Waals surface area contributed by atoms with Crippen LogP contribution in [0.4, 0.5) is 14.6 Å². The van der Waals surface area contributed by atoms with Crippen LogP contribution in [0.3, 0.4) is 0 Å². The van der Waals surface area contributed by atoms with Crippen LogP contribution in [0.25, 0.3) is 0 Å². The maximum absolute atomic E-state index is 12.9. The molecule has 2 heterocycles. The van der Waals surface area contributed by atoms with Gasteiger partial charge in [0.05, 0.1) is 0 Å². The van der Waals surface area contributed by atoms with Gasteiger partial charge in [-0.1, -0.05) is 36.4 Å². The maximum atomic E-state index is 12.9. The number of carboxylic acids is 1. The molecule has 0 aliphatic carbocycles. The first-order chi connectivity index (χ1) is 18.2. The zero-order valence-corrected chi connectivity index (χ0v) is 21.8. The average Bonchev–Trinajstić information content (AvgIpc) is 2.91. The largest absolute Gasteiger partial charge is 0.480 e. The van der Waals surface area contributed by atoms with E-state index in [0.717, 1.165) is 50.2 Å². The van der Waals surface area contributed by atoms with Gasteiger partial charge in [-0.15, -0.1) is 0 Å². The summed E-state index contributed by atoms with van der Waals surface area (Å²) >= 11 is 0. The number of alkyl halides is 2. The highest BCUT2D eigenvalue weighted by atomic mass is 19.3. The van der Waals surface area contributed by atoms with Gasteiger partial charge in [-0.2, -0.15) is 0 Å². The molecule has 0 spiro atoms. The van der Waals surface area contributed by atoms with Crippen LogP contribution in [0, 0.1) is 0 Å². The van der Waals surface area contributed by atoms with E-state index in [4.69, 9.17) is 0 Å². The van der Waals surface area contributed by atoms with Gasteiger partial charge in [0.25, 0.3) is 5.91 Å². The number of carbonyl (C=O) groups excluding carboxylic acids is 1. The van der Waals surface area contributed by atoms with Crippen LogP contribution in [0.15, 0.2) is 42.5 Å². The molecule has 1 aromatic carbocycles. The minimum atomic E-state index is -2.46. The molecule has 3 rings (SSSR count). The number of hydrogen-bond acceptors (Lipinski definition) is 6. The number of halogens is 2. The van der Waals surface area contributed by atoms with E-state index >= 15 is 0 Å². The van der Waals surface area contributed by atoms with E-state index in [-0.39, 0.29) is 25.9 Å². The van der Waals surface area contributed by atoms with Gasteiger partial charge in [-0.3, -0.25) is 4.79 Å². The first-order valence-electron chi connectivity index (χ1n) is 13.2. The van der Waals surface area contributed by atoms with E-state index in [2.05, 4.69) is 21.7 Å². The summed E-state index contributed by atoms with van der Waals surface area (Å²) in [5.74, 6) is -1.13. The second-order valence-corrected chi connectivity index (χ2v) is 9.91. The number of aryl methyl sites for hydroxylation is 2. The Morgan fingerprint density at radius 1 is 1.11 bits per heavy atom. The SMILES string of the molecule is C[C@](O)(C(=O)N[C@@H](CCN(CCCCc1ccc2c(n1)NCCC2)CCC(F)F)C(=O)O)c1ccccc1. The summed E-state index contributed by atoms with van der Waals surface area (Å²) in [6.45, 7) is 3.10. The Hall–Kier alpha value is -3.11. The molecule has 2 aromatic rings. The number of carbonyl (C=O) groups is 2. The highest BCUT2D eigenvalue weighted by Gasteiger charge is 2.35. The number of rotatable bonds is 15. The van der Waals surface area contributed by atoms with Crippen molar-refractivity contribution in [1.82, 2.24) is 15.2 Å². The molecule has 1 aromatic heterocycles. The number of pyridine rings is 1.